The lowest BCUT2D eigenvalue weighted by molar-refractivity contribution is 0.293. The quantitative estimate of drug-likeness (QED) is 0.698. The van der Waals surface area contributed by atoms with Gasteiger partial charge in [-0.15, -0.1) is 0 Å². The first kappa shape index (κ1) is 14.0. The minimum atomic E-state index is 0.284. The predicted molar refractivity (Wildman–Crippen MR) is 73.4 cm³/mol. The first-order chi connectivity index (χ1) is 8.22. The largest absolute Gasteiger partial charge is 0.494 e. The molecule has 1 atom stereocenters. The molecule has 2 N–H and O–H groups in total. The molecule has 1 unspecified atom stereocenters. The Morgan fingerprint density at radius 1 is 1.24 bits per heavy atom. The zero-order valence-corrected chi connectivity index (χ0v) is 11.1. The molecule has 0 aliphatic rings. The molecular formula is C15H25NO. The van der Waals surface area contributed by atoms with Crippen LogP contribution in [0.15, 0.2) is 24.3 Å². The number of benzene rings is 1. The normalized spacial score (nSPS) is 12.4. The number of ether oxygens (including phenoxy) is 1. The Bertz CT molecular complexity index is 312. The van der Waals surface area contributed by atoms with Crippen LogP contribution in [-0.4, -0.2) is 12.6 Å². The van der Waals surface area contributed by atoms with Crippen molar-refractivity contribution in [2.24, 2.45) is 5.73 Å². The zero-order valence-electron chi connectivity index (χ0n) is 11.1. The molecule has 17 heavy (non-hydrogen) atoms. The van der Waals surface area contributed by atoms with E-state index in [-0.39, 0.29) is 6.04 Å². The Morgan fingerprint density at radius 2 is 2.06 bits per heavy atom. The second-order valence-corrected chi connectivity index (χ2v) is 4.71. The fourth-order valence-electron chi connectivity index (χ4n) is 1.83. The van der Waals surface area contributed by atoms with Crippen LogP contribution in [0.4, 0.5) is 0 Å². The fourth-order valence-corrected chi connectivity index (χ4v) is 1.83. The second kappa shape index (κ2) is 8.13. The first-order valence-electron chi connectivity index (χ1n) is 6.67. The topological polar surface area (TPSA) is 35.2 Å². The van der Waals surface area contributed by atoms with Crippen LogP contribution >= 0.6 is 0 Å². The minimum Gasteiger partial charge on any atom is -0.494 e. The number of hydrogen-bond donors (Lipinski definition) is 1. The van der Waals surface area contributed by atoms with Gasteiger partial charge in [-0.2, -0.15) is 0 Å². The highest BCUT2D eigenvalue weighted by Crippen LogP contribution is 2.13. The van der Waals surface area contributed by atoms with Gasteiger partial charge in [-0.05, 0) is 37.5 Å². The van der Waals surface area contributed by atoms with E-state index in [1.54, 1.807) is 0 Å². The van der Waals surface area contributed by atoms with E-state index in [1.165, 1.54) is 24.8 Å². The van der Waals surface area contributed by atoms with Gasteiger partial charge >= 0.3 is 0 Å². The highest BCUT2D eigenvalue weighted by molar-refractivity contribution is 5.27. The number of rotatable bonds is 8. The van der Waals surface area contributed by atoms with Gasteiger partial charge in [0.15, 0.2) is 0 Å². The third-order valence-electron chi connectivity index (χ3n) is 2.93. The Balaban J connectivity index is 2.14. The SMILES string of the molecule is CCCCCC(N)CCOc1cccc(C)c1. The molecule has 1 aromatic carbocycles. The van der Waals surface area contributed by atoms with Gasteiger partial charge in [0.1, 0.15) is 5.75 Å². The van der Waals surface area contributed by atoms with E-state index in [0.29, 0.717) is 0 Å². The number of unbranched alkanes of at least 4 members (excludes halogenated alkanes) is 2. The Labute approximate surface area is 105 Å². The van der Waals surface area contributed by atoms with Gasteiger partial charge in [0, 0.05) is 6.04 Å². The van der Waals surface area contributed by atoms with Crippen molar-refractivity contribution in [1.82, 2.24) is 0 Å². The highest BCUT2D eigenvalue weighted by atomic mass is 16.5. The molecule has 0 fully saturated rings. The molecule has 0 aromatic heterocycles. The summed E-state index contributed by atoms with van der Waals surface area (Å²) in [7, 11) is 0. The molecule has 1 aromatic rings. The first-order valence-corrected chi connectivity index (χ1v) is 6.67. The van der Waals surface area contributed by atoms with Crippen LogP contribution < -0.4 is 10.5 Å². The van der Waals surface area contributed by atoms with Crippen molar-refractivity contribution in [3.05, 3.63) is 29.8 Å². The summed E-state index contributed by atoms with van der Waals surface area (Å²) in [6.45, 7) is 5.01. The summed E-state index contributed by atoms with van der Waals surface area (Å²) in [5.41, 5.74) is 7.26. The van der Waals surface area contributed by atoms with Crippen molar-refractivity contribution < 1.29 is 4.74 Å². The molecule has 0 bridgehead atoms. The van der Waals surface area contributed by atoms with Gasteiger partial charge in [-0.1, -0.05) is 38.3 Å². The predicted octanol–water partition coefficient (Wildman–Crippen LogP) is 3.67. The van der Waals surface area contributed by atoms with Gasteiger partial charge in [0.25, 0.3) is 0 Å². The van der Waals surface area contributed by atoms with Crippen molar-refractivity contribution in [2.75, 3.05) is 6.61 Å². The van der Waals surface area contributed by atoms with Gasteiger partial charge < -0.3 is 10.5 Å². The van der Waals surface area contributed by atoms with E-state index in [9.17, 15) is 0 Å². The van der Waals surface area contributed by atoms with Crippen LogP contribution in [0.3, 0.4) is 0 Å². The molecule has 0 aliphatic carbocycles. The molecule has 0 aliphatic heterocycles. The van der Waals surface area contributed by atoms with Crippen molar-refractivity contribution in [1.29, 1.82) is 0 Å². The van der Waals surface area contributed by atoms with E-state index in [1.807, 2.05) is 12.1 Å². The number of aryl methyl sites for hydroxylation is 1. The van der Waals surface area contributed by atoms with Crippen molar-refractivity contribution in [2.45, 2.75) is 52.0 Å². The fraction of sp³-hybridized carbons (Fsp3) is 0.600. The summed E-state index contributed by atoms with van der Waals surface area (Å²) >= 11 is 0. The lowest BCUT2D eigenvalue weighted by Gasteiger charge is -2.12. The van der Waals surface area contributed by atoms with Crippen molar-refractivity contribution in [3.63, 3.8) is 0 Å². The van der Waals surface area contributed by atoms with Crippen LogP contribution in [0.2, 0.25) is 0 Å². The van der Waals surface area contributed by atoms with Gasteiger partial charge in [0.05, 0.1) is 6.61 Å². The standard InChI is InChI=1S/C15H25NO/c1-3-4-5-8-14(16)10-11-17-15-9-6-7-13(2)12-15/h6-7,9,12,14H,3-5,8,10-11,16H2,1-2H3. The summed E-state index contributed by atoms with van der Waals surface area (Å²) in [5, 5.41) is 0. The molecule has 0 saturated heterocycles. The van der Waals surface area contributed by atoms with Crippen LogP contribution in [0.5, 0.6) is 5.75 Å². The van der Waals surface area contributed by atoms with E-state index in [2.05, 4.69) is 26.0 Å². The van der Waals surface area contributed by atoms with Gasteiger partial charge in [-0.25, -0.2) is 0 Å². The third kappa shape index (κ3) is 6.32. The summed E-state index contributed by atoms with van der Waals surface area (Å²) in [4.78, 5) is 0. The summed E-state index contributed by atoms with van der Waals surface area (Å²) in [6.07, 6.45) is 5.84. The summed E-state index contributed by atoms with van der Waals surface area (Å²) in [6, 6.07) is 8.43. The van der Waals surface area contributed by atoms with E-state index in [4.69, 9.17) is 10.5 Å². The number of hydrogen-bond acceptors (Lipinski definition) is 2. The van der Waals surface area contributed by atoms with Crippen LogP contribution in [-0.2, 0) is 0 Å². The zero-order chi connectivity index (χ0) is 12.5. The third-order valence-corrected chi connectivity index (χ3v) is 2.93. The molecule has 1 rings (SSSR count). The lowest BCUT2D eigenvalue weighted by Crippen LogP contribution is -2.22. The Hall–Kier alpha value is -1.02. The smallest absolute Gasteiger partial charge is 0.119 e. The summed E-state index contributed by atoms with van der Waals surface area (Å²) < 4.78 is 5.68. The number of nitrogens with two attached hydrogens (primary N) is 1. The van der Waals surface area contributed by atoms with Crippen molar-refractivity contribution >= 4 is 0 Å². The molecule has 0 heterocycles. The van der Waals surface area contributed by atoms with Crippen LogP contribution in [0.1, 0.15) is 44.6 Å². The van der Waals surface area contributed by atoms with Crippen molar-refractivity contribution in [3.8, 4) is 5.75 Å². The monoisotopic (exact) mass is 235 g/mol. The average Bonchev–Trinajstić information content (AvgIpc) is 2.29. The Morgan fingerprint density at radius 3 is 2.76 bits per heavy atom. The maximum Gasteiger partial charge on any atom is 0.119 e. The molecule has 2 heteroatoms. The molecule has 96 valence electrons. The van der Waals surface area contributed by atoms with E-state index < -0.39 is 0 Å². The van der Waals surface area contributed by atoms with E-state index in [0.717, 1.165) is 25.2 Å². The van der Waals surface area contributed by atoms with Gasteiger partial charge in [0.2, 0.25) is 0 Å². The molecule has 0 radical (unpaired) electrons. The molecular weight excluding hydrogens is 210 g/mol. The molecule has 0 saturated carbocycles. The maximum atomic E-state index is 6.03. The lowest BCUT2D eigenvalue weighted by atomic mass is 10.1. The van der Waals surface area contributed by atoms with Gasteiger partial charge in [-0.3, -0.25) is 0 Å². The highest BCUT2D eigenvalue weighted by Gasteiger charge is 2.02. The molecule has 2 nitrogen and oxygen atoms in total. The molecule has 0 spiro atoms. The minimum absolute atomic E-state index is 0.284. The second-order valence-electron chi connectivity index (χ2n) is 4.71. The summed E-state index contributed by atoms with van der Waals surface area (Å²) in [5.74, 6) is 0.950. The van der Waals surface area contributed by atoms with E-state index >= 15 is 0 Å². The maximum absolute atomic E-state index is 6.03. The molecule has 0 amide bonds. The van der Waals surface area contributed by atoms with Crippen LogP contribution in [0.25, 0.3) is 0 Å². The Kier molecular flexibility index (Phi) is 6.71. The van der Waals surface area contributed by atoms with Crippen LogP contribution in [0, 0.1) is 6.92 Å². The average molecular weight is 235 g/mol.